The minimum absolute atomic E-state index is 0.212. The molecule has 7 heteroatoms. The van der Waals surface area contributed by atoms with Crippen molar-refractivity contribution in [2.75, 3.05) is 57.7 Å². The van der Waals surface area contributed by atoms with E-state index >= 15 is 0 Å². The Labute approximate surface area is 173 Å². The molecule has 3 rings (SSSR count). The lowest BCUT2D eigenvalue weighted by atomic mass is 9.92. The van der Waals surface area contributed by atoms with E-state index in [1.54, 1.807) is 12.1 Å². The Kier molecular flexibility index (Phi) is 7.24. The van der Waals surface area contributed by atoms with Crippen molar-refractivity contribution < 1.29 is 14.0 Å². The third-order valence-electron chi connectivity index (χ3n) is 5.81. The first-order valence-electron chi connectivity index (χ1n) is 10.6. The monoisotopic (exact) mass is 404 g/mol. The van der Waals surface area contributed by atoms with E-state index in [9.17, 15) is 14.0 Å². The van der Waals surface area contributed by atoms with Crippen LogP contribution in [0.1, 0.15) is 25.8 Å². The fraction of sp³-hybridized carbons (Fsp3) is 0.636. The van der Waals surface area contributed by atoms with Crippen LogP contribution in [0.3, 0.4) is 0 Å². The molecule has 0 aromatic heterocycles. The molecule has 2 aliphatic heterocycles. The van der Waals surface area contributed by atoms with E-state index in [1.807, 2.05) is 16.7 Å². The van der Waals surface area contributed by atoms with Crippen molar-refractivity contribution in [2.24, 2.45) is 11.8 Å². The molecule has 2 fully saturated rings. The van der Waals surface area contributed by atoms with Crippen molar-refractivity contribution in [3.63, 3.8) is 0 Å². The van der Waals surface area contributed by atoms with Crippen LogP contribution >= 0.6 is 0 Å². The highest BCUT2D eigenvalue weighted by Gasteiger charge is 2.27. The number of hydrogen-bond acceptors (Lipinski definition) is 4. The molecule has 2 atom stereocenters. The molecule has 0 bridgehead atoms. The van der Waals surface area contributed by atoms with Crippen molar-refractivity contribution in [2.45, 2.75) is 27.2 Å². The van der Waals surface area contributed by atoms with Crippen molar-refractivity contribution in [3.8, 4) is 0 Å². The fourth-order valence-corrected chi connectivity index (χ4v) is 4.38. The van der Waals surface area contributed by atoms with E-state index in [0.717, 1.165) is 44.8 Å². The van der Waals surface area contributed by atoms with Crippen molar-refractivity contribution in [1.29, 1.82) is 0 Å². The topological polar surface area (TPSA) is 55.9 Å². The second kappa shape index (κ2) is 9.67. The number of amides is 2. The molecule has 6 nitrogen and oxygen atoms in total. The number of likely N-dealkylation sites (tertiary alicyclic amines) is 1. The third-order valence-corrected chi connectivity index (χ3v) is 5.81. The van der Waals surface area contributed by atoms with E-state index in [4.69, 9.17) is 0 Å². The van der Waals surface area contributed by atoms with Gasteiger partial charge < -0.3 is 10.2 Å². The third kappa shape index (κ3) is 6.24. The summed E-state index contributed by atoms with van der Waals surface area (Å²) in [5.41, 5.74) is 1.04. The average molecular weight is 405 g/mol. The van der Waals surface area contributed by atoms with E-state index in [2.05, 4.69) is 24.1 Å². The van der Waals surface area contributed by atoms with Crippen LogP contribution in [-0.4, -0.2) is 78.9 Å². The van der Waals surface area contributed by atoms with Gasteiger partial charge in [0.2, 0.25) is 11.8 Å². The summed E-state index contributed by atoms with van der Waals surface area (Å²) in [5.74, 6) is 0.717. The maximum Gasteiger partial charge on any atom is 0.238 e. The molecule has 29 heavy (non-hydrogen) atoms. The molecule has 1 aromatic carbocycles. The van der Waals surface area contributed by atoms with E-state index in [-0.39, 0.29) is 24.0 Å². The Bertz CT molecular complexity index is 724. The van der Waals surface area contributed by atoms with Gasteiger partial charge in [0.15, 0.2) is 0 Å². The van der Waals surface area contributed by atoms with Crippen LogP contribution in [0.5, 0.6) is 0 Å². The molecule has 160 valence electrons. The van der Waals surface area contributed by atoms with Gasteiger partial charge in [-0.05, 0) is 42.9 Å². The molecule has 1 aromatic rings. The van der Waals surface area contributed by atoms with Crippen LogP contribution in [0.2, 0.25) is 0 Å². The van der Waals surface area contributed by atoms with Gasteiger partial charge >= 0.3 is 0 Å². The van der Waals surface area contributed by atoms with Gasteiger partial charge in [0, 0.05) is 39.3 Å². The molecule has 0 saturated carbocycles. The highest BCUT2D eigenvalue weighted by Crippen LogP contribution is 2.21. The summed E-state index contributed by atoms with van der Waals surface area (Å²) in [6.07, 6.45) is 1.19. The Morgan fingerprint density at radius 2 is 1.62 bits per heavy atom. The minimum atomic E-state index is -0.414. The van der Waals surface area contributed by atoms with Gasteiger partial charge in [-0.25, -0.2) is 4.39 Å². The van der Waals surface area contributed by atoms with Gasteiger partial charge in [-0.3, -0.25) is 19.4 Å². The quantitative estimate of drug-likeness (QED) is 0.818. The van der Waals surface area contributed by atoms with Crippen LogP contribution in [0.4, 0.5) is 10.1 Å². The van der Waals surface area contributed by atoms with Gasteiger partial charge in [-0.2, -0.15) is 0 Å². The summed E-state index contributed by atoms with van der Waals surface area (Å²) in [4.78, 5) is 31.1. The van der Waals surface area contributed by atoms with Crippen molar-refractivity contribution in [1.82, 2.24) is 14.7 Å². The number of carbonyl (C=O) groups is 2. The largest absolute Gasteiger partial charge is 0.341 e. The molecule has 2 saturated heterocycles. The smallest absolute Gasteiger partial charge is 0.238 e. The minimum Gasteiger partial charge on any atom is -0.341 e. The number of halogens is 1. The highest BCUT2D eigenvalue weighted by atomic mass is 19.1. The number of aryl methyl sites for hydroxylation is 1. The number of carbonyl (C=O) groups excluding carboxylic acids is 2. The molecule has 2 amide bonds. The number of hydrogen-bond donors (Lipinski definition) is 1. The van der Waals surface area contributed by atoms with Gasteiger partial charge in [0.1, 0.15) is 5.82 Å². The van der Waals surface area contributed by atoms with Crippen molar-refractivity contribution >= 4 is 17.5 Å². The lowest BCUT2D eigenvalue weighted by molar-refractivity contribution is -0.135. The summed E-state index contributed by atoms with van der Waals surface area (Å²) in [6.45, 7) is 11.6. The zero-order valence-corrected chi connectivity index (χ0v) is 17.8. The molecule has 1 N–H and O–H groups in total. The Balaban J connectivity index is 1.41. The second-order valence-corrected chi connectivity index (χ2v) is 8.83. The number of nitrogens with zero attached hydrogens (tertiary/aromatic N) is 3. The number of anilines is 1. The van der Waals surface area contributed by atoms with Crippen LogP contribution in [0.25, 0.3) is 0 Å². The summed E-state index contributed by atoms with van der Waals surface area (Å²) in [7, 11) is 0. The molecule has 0 radical (unpaired) electrons. The van der Waals surface area contributed by atoms with Crippen LogP contribution < -0.4 is 5.32 Å². The van der Waals surface area contributed by atoms with Crippen LogP contribution in [0, 0.1) is 24.6 Å². The lowest BCUT2D eigenvalue weighted by Gasteiger charge is -2.38. The number of piperidine rings is 1. The van der Waals surface area contributed by atoms with E-state index in [1.165, 1.54) is 12.5 Å². The Hall–Kier alpha value is -1.99. The molecular weight excluding hydrogens is 371 g/mol. The Morgan fingerprint density at radius 3 is 2.21 bits per heavy atom. The molecule has 0 spiro atoms. The summed E-state index contributed by atoms with van der Waals surface area (Å²) in [6, 6.07) is 4.78. The van der Waals surface area contributed by atoms with Crippen LogP contribution in [-0.2, 0) is 9.59 Å². The first-order valence-corrected chi connectivity index (χ1v) is 10.6. The number of piperazine rings is 1. The first kappa shape index (κ1) is 21.7. The van der Waals surface area contributed by atoms with Crippen molar-refractivity contribution in [3.05, 3.63) is 29.6 Å². The summed E-state index contributed by atoms with van der Waals surface area (Å²) in [5, 5.41) is 2.65. The lowest BCUT2D eigenvalue weighted by Crippen LogP contribution is -2.52. The van der Waals surface area contributed by atoms with E-state index < -0.39 is 5.82 Å². The molecule has 2 unspecified atom stereocenters. The van der Waals surface area contributed by atoms with Gasteiger partial charge in [0.05, 0.1) is 18.8 Å². The fourth-order valence-electron chi connectivity index (χ4n) is 4.38. The molecule has 0 aliphatic carbocycles. The number of nitrogens with one attached hydrogen (secondary N) is 1. The zero-order chi connectivity index (χ0) is 21.0. The van der Waals surface area contributed by atoms with Gasteiger partial charge in [0.25, 0.3) is 0 Å². The molecule has 2 heterocycles. The van der Waals surface area contributed by atoms with Crippen LogP contribution in [0.15, 0.2) is 18.2 Å². The number of rotatable bonds is 5. The summed E-state index contributed by atoms with van der Waals surface area (Å²) < 4.78 is 13.9. The SMILES string of the molecule is Cc1ccc(NC(=O)CN2CCN(CC(=O)N3CC(C)CC(C)C3)CC2)c(F)c1. The zero-order valence-electron chi connectivity index (χ0n) is 17.8. The predicted octanol–water partition coefficient (Wildman–Crippen LogP) is 2.19. The average Bonchev–Trinajstić information content (AvgIpc) is 2.65. The number of benzene rings is 1. The highest BCUT2D eigenvalue weighted by molar-refractivity contribution is 5.92. The predicted molar refractivity (Wildman–Crippen MR) is 112 cm³/mol. The van der Waals surface area contributed by atoms with E-state index in [0.29, 0.717) is 18.4 Å². The molecule has 2 aliphatic rings. The maximum absolute atomic E-state index is 13.9. The first-order chi connectivity index (χ1) is 13.8. The Morgan fingerprint density at radius 1 is 1.03 bits per heavy atom. The standard InChI is InChI=1S/C22H33FN4O2/c1-16-4-5-20(19(23)11-16)24-21(28)14-25-6-8-26(9-7-25)15-22(29)27-12-17(2)10-18(3)13-27/h4-5,11,17-18H,6-10,12-15H2,1-3H3,(H,24,28). The second-order valence-electron chi connectivity index (χ2n) is 8.83. The summed E-state index contributed by atoms with van der Waals surface area (Å²) >= 11 is 0. The molecular formula is C22H33FN4O2. The normalized spacial score (nSPS) is 23.8. The van der Waals surface area contributed by atoms with Gasteiger partial charge in [-0.1, -0.05) is 19.9 Å². The van der Waals surface area contributed by atoms with Gasteiger partial charge in [-0.15, -0.1) is 0 Å². The maximum atomic E-state index is 13.9.